The lowest BCUT2D eigenvalue weighted by Crippen LogP contribution is -2.38. The number of amides is 2. The maximum atomic E-state index is 13.3. The fourth-order valence-corrected chi connectivity index (χ4v) is 2.50. The summed E-state index contributed by atoms with van der Waals surface area (Å²) in [5, 5.41) is 2.73. The molecular formula is C19H20F2N2O2. The van der Waals surface area contributed by atoms with Gasteiger partial charge in [0, 0.05) is 31.8 Å². The lowest BCUT2D eigenvalue weighted by molar-refractivity contribution is -0.121. The standard InChI is InChI=1S/C19H20F2N2O2/c1-13-4-3-5-15(10-13)11-19(25)22-8-9-23(14(2)24)16-6-7-17(20)18(21)12-16/h3-7,10,12H,8-9,11H2,1-2H3,(H,22,25). The van der Waals surface area contributed by atoms with Crippen LogP contribution in [0, 0.1) is 18.6 Å². The molecule has 0 aromatic heterocycles. The Hall–Kier alpha value is -2.76. The number of nitrogens with one attached hydrogen (secondary N) is 1. The van der Waals surface area contributed by atoms with E-state index in [2.05, 4.69) is 5.32 Å². The Morgan fingerprint density at radius 1 is 1.08 bits per heavy atom. The third-order valence-electron chi connectivity index (χ3n) is 3.70. The Bertz CT molecular complexity index is 778. The first-order chi connectivity index (χ1) is 11.9. The number of rotatable bonds is 6. The Morgan fingerprint density at radius 2 is 1.84 bits per heavy atom. The van der Waals surface area contributed by atoms with E-state index >= 15 is 0 Å². The highest BCUT2D eigenvalue weighted by Gasteiger charge is 2.14. The molecule has 0 bridgehead atoms. The van der Waals surface area contributed by atoms with Gasteiger partial charge in [-0.05, 0) is 24.6 Å². The second-order valence-corrected chi connectivity index (χ2v) is 5.78. The van der Waals surface area contributed by atoms with Gasteiger partial charge < -0.3 is 10.2 Å². The van der Waals surface area contributed by atoms with E-state index in [1.54, 1.807) is 0 Å². The van der Waals surface area contributed by atoms with Crippen LogP contribution in [0.5, 0.6) is 0 Å². The minimum absolute atomic E-state index is 0.167. The lowest BCUT2D eigenvalue weighted by atomic mass is 10.1. The minimum Gasteiger partial charge on any atom is -0.354 e. The van der Waals surface area contributed by atoms with Gasteiger partial charge in [0.2, 0.25) is 11.8 Å². The molecular weight excluding hydrogens is 326 g/mol. The van der Waals surface area contributed by atoms with E-state index in [4.69, 9.17) is 0 Å². The summed E-state index contributed by atoms with van der Waals surface area (Å²) in [6.07, 6.45) is 0.243. The summed E-state index contributed by atoms with van der Waals surface area (Å²) in [6.45, 7) is 3.66. The van der Waals surface area contributed by atoms with E-state index in [9.17, 15) is 18.4 Å². The zero-order valence-corrected chi connectivity index (χ0v) is 14.2. The van der Waals surface area contributed by atoms with Gasteiger partial charge in [0.25, 0.3) is 0 Å². The van der Waals surface area contributed by atoms with Crippen LogP contribution >= 0.6 is 0 Å². The number of halogens is 2. The summed E-state index contributed by atoms with van der Waals surface area (Å²) in [6, 6.07) is 10.9. The van der Waals surface area contributed by atoms with Crippen LogP contribution in [0.25, 0.3) is 0 Å². The molecule has 0 aliphatic rings. The number of carbonyl (C=O) groups is 2. The van der Waals surface area contributed by atoms with Crippen molar-refractivity contribution in [2.45, 2.75) is 20.3 Å². The van der Waals surface area contributed by atoms with Crippen molar-refractivity contribution in [3.05, 3.63) is 65.2 Å². The smallest absolute Gasteiger partial charge is 0.224 e. The summed E-state index contributed by atoms with van der Waals surface area (Å²) in [5.74, 6) is -2.48. The average Bonchev–Trinajstić information content (AvgIpc) is 2.54. The third kappa shape index (κ3) is 5.38. The van der Waals surface area contributed by atoms with E-state index < -0.39 is 11.6 Å². The molecule has 2 amide bonds. The first-order valence-electron chi connectivity index (χ1n) is 7.92. The predicted octanol–water partition coefficient (Wildman–Crippen LogP) is 2.99. The Kier molecular flexibility index (Phi) is 6.22. The largest absolute Gasteiger partial charge is 0.354 e. The maximum Gasteiger partial charge on any atom is 0.224 e. The number of nitrogens with zero attached hydrogens (tertiary/aromatic N) is 1. The van der Waals surface area contributed by atoms with Crippen LogP contribution in [0.4, 0.5) is 14.5 Å². The summed E-state index contributed by atoms with van der Waals surface area (Å²) in [5.41, 5.74) is 2.23. The van der Waals surface area contributed by atoms with Crippen LogP contribution in [-0.4, -0.2) is 24.9 Å². The topological polar surface area (TPSA) is 49.4 Å². The van der Waals surface area contributed by atoms with Crippen LogP contribution in [-0.2, 0) is 16.0 Å². The normalized spacial score (nSPS) is 10.4. The van der Waals surface area contributed by atoms with Gasteiger partial charge in [-0.15, -0.1) is 0 Å². The molecule has 25 heavy (non-hydrogen) atoms. The van der Waals surface area contributed by atoms with Gasteiger partial charge in [0.1, 0.15) is 0 Å². The van der Waals surface area contributed by atoms with E-state index in [1.807, 2.05) is 31.2 Å². The van der Waals surface area contributed by atoms with Crippen LogP contribution in [0.1, 0.15) is 18.1 Å². The molecule has 0 aliphatic heterocycles. The van der Waals surface area contributed by atoms with E-state index in [-0.39, 0.29) is 37.0 Å². The molecule has 0 heterocycles. The van der Waals surface area contributed by atoms with E-state index in [0.717, 1.165) is 23.3 Å². The number of benzene rings is 2. The van der Waals surface area contributed by atoms with Crippen LogP contribution in [0.2, 0.25) is 0 Å². The quantitative estimate of drug-likeness (QED) is 0.874. The molecule has 0 spiro atoms. The van der Waals surface area contributed by atoms with Crippen LogP contribution in [0.3, 0.4) is 0 Å². The third-order valence-corrected chi connectivity index (χ3v) is 3.70. The van der Waals surface area contributed by atoms with Crippen molar-refractivity contribution in [3.8, 4) is 0 Å². The van der Waals surface area contributed by atoms with Crippen molar-refractivity contribution in [2.24, 2.45) is 0 Å². The number of anilines is 1. The van der Waals surface area contributed by atoms with Gasteiger partial charge in [-0.2, -0.15) is 0 Å². The van der Waals surface area contributed by atoms with Gasteiger partial charge in [-0.25, -0.2) is 8.78 Å². The number of carbonyl (C=O) groups excluding carboxylic acids is 2. The molecule has 132 valence electrons. The molecule has 2 aromatic carbocycles. The monoisotopic (exact) mass is 346 g/mol. The number of hydrogen-bond acceptors (Lipinski definition) is 2. The summed E-state index contributed by atoms with van der Waals surface area (Å²) in [4.78, 5) is 25.0. The summed E-state index contributed by atoms with van der Waals surface area (Å²) in [7, 11) is 0. The maximum absolute atomic E-state index is 13.3. The highest BCUT2D eigenvalue weighted by atomic mass is 19.2. The fraction of sp³-hybridized carbons (Fsp3) is 0.263. The van der Waals surface area contributed by atoms with E-state index in [1.165, 1.54) is 17.9 Å². The van der Waals surface area contributed by atoms with Crippen molar-refractivity contribution < 1.29 is 18.4 Å². The van der Waals surface area contributed by atoms with Crippen LogP contribution < -0.4 is 10.2 Å². The number of aryl methyl sites for hydroxylation is 1. The predicted molar refractivity (Wildman–Crippen MR) is 92.3 cm³/mol. The molecule has 0 saturated heterocycles. The molecule has 1 N–H and O–H groups in total. The Labute approximate surface area is 145 Å². The molecule has 6 heteroatoms. The minimum atomic E-state index is -1.02. The fourth-order valence-electron chi connectivity index (χ4n) is 2.50. The van der Waals surface area contributed by atoms with Gasteiger partial charge >= 0.3 is 0 Å². The summed E-state index contributed by atoms with van der Waals surface area (Å²) >= 11 is 0. The highest BCUT2D eigenvalue weighted by molar-refractivity contribution is 5.91. The molecule has 2 aromatic rings. The SMILES string of the molecule is CC(=O)N(CCNC(=O)Cc1cccc(C)c1)c1ccc(F)c(F)c1. The molecule has 0 unspecified atom stereocenters. The molecule has 0 saturated carbocycles. The Morgan fingerprint density at radius 3 is 2.48 bits per heavy atom. The van der Waals surface area contributed by atoms with Crippen molar-refractivity contribution in [3.63, 3.8) is 0 Å². The van der Waals surface area contributed by atoms with Crippen molar-refractivity contribution in [1.29, 1.82) is 0 Å². The van der Waals surface area contributed by atoms with Gasteiger partial charge in [-0.1, -0.05) is 29.8 Å². The summed E-state index contributed by atoms with van der Waals surface area (Å²) < 4.78 is 26.4. The van der Waals surface area contributed by atoms with Crippen molar-refractivity contribution in [1.82, 2.24) is 5.32 Å². The van der Waals surface area contributed by atoms with E-state index in [0.29, 0.717) is 0 Å². The highest BCUT2D eigenvalue weighted by Crippen LogP contribution is 2.17. The average molecular weight is 346 g/mol. The first kappa shape index (κ1) is 18.6. The van der Waals surface area contributed by atoms with Crippen molar-refractivity contribution in [2.75, 3.05) is 18.0 Å². The zero-order valence-electron chi connectivity index (χ0n) is 14.2. The molecule has 2 rings (SSSR count). The van der Waals surface area contributed by atoms with Gasteiger partial charge in [0.05, 0.1) is 6.42 Å². The molecule has 4 nitrogen and oxygen atoms in total. The van der Waals surface area contributed by atoms with Gasteiger partial charge in [0.15, 0.2) is 11.6 Å². The van der Waals surface area contributed by atoms with Crippen LogP contribution in [0.15, 0.2) is 42.5 Å². The second kappa shape index (κ2) is 8.37. The van der Waals surface area contributed by atoms with Crippen molar-refractivity contribution >= 4 is 17.5 Å². The second-order valence-electron chi connectivity index (χ2n) is 5.78. The molecule has 0 fully saturated rings. The lowest BCUT2D eigenvalue weighted by Gasteiger charge is -2.21. The first-order valence-corrected chi connectivity index (χ1v) is 7.92. The number of hydrogen-bond donors (Lipinski definition) is 1. The Balaban J connectivity index is 1.92. The zero-order chi connectivity index (χ0) is 18.4. The molecule has 0 atom stereocenters. The molecule has 0 aliphatic carbocycles. The molecule has 0 radical (unpaired) electrons. The van der Waals surface area contributed by atoms with Gasteiger partial charge in [-0.3, -0.25) is 9.59 Å².